The molecule has 2 bridgehead atoms. The molecule has 14 heavy (non-hydrogen) atoms. The lowest BCUT2D eigenvalue weighted by Crippen LogP contribution is -2.35. The SMILES string of the molecule is c1nsc(N2CCC3CCC(C2)N3)n1. The van der Waals surface area contributed by atoms with Crippen LogP contribution in [0.1, 0.15) is 19.3 Å². The van der Waals surface area contributed by atoms with Gasteiger partial charge in [0.2, 0.25) is 5.13 Å². The van der Waals surface area contributed by atoms with Crippen molar-refractivity contribution in [3.8, 4) is 0 Å². The van der Waals surface area contributed by atoms with Crippen LogP contribution in [0, 0.1) is 0 Å². The number of rotatable bonds is 1. The Hall–Kier alpha value is -0.680. The summed E-state index contributed by atoms with van der Waals surface area (Å²) in [4.78, 5) is 6.64. The summed E-state index contributed by atoms with van der Waals surface area (Å²) in [5, 5.41) is 4.74. The Balaban J connectivity index is 1.76. The van der Waals surface area contributed by atoms with Gasteiger partial charge in [0.15, 0.2) is 0 Å². The maximum absolute atomic E-state index is 4.27. The Morgan fingerprint density at radius 3 is 3.14 bits per heavy atom. The topological polar surface area (TPSA) is 41.1 Å². The highest BCUT2D eigenvalue weighted by atomic mass is 32.1. The third kappa shape index (κ3) is 1.50. The molecular weight excluding hydrogens is 196 g/mol. The van der Waals surface area contributed by atoms with Crippen molar-refractivity contribution in [1.82, 2.24) is 14.7 Å². The van der Waals surface area contributed by atoms with Crippen LogP contribution in [-0.4, -0.2) is 34.5 Å². The van der Waals surface area contributed by atoms with Crippen molar-refractivity contribution in [1.29, 1.82) is 0 Å². The summed E-state index contributed by atoms with van der Waals surface area (Å²) in [6, 6.07) is 1.42. The second kappa shape index (κ2) is 3.47. The van der Waals surface area contributed by atoms with Gasteiger partial charge in [-0.1, -0.05) is 0 Å². The fraction of sp³-hybridized carbons (Fsp3) is 0.778. The zero-order chi connectivity index (χ0) is 9.38. The zero-order valence-corrected chi connectivity index (χ0v) is 8.83. The van der Waals surface area contributed by atoms with Gasteiger partial charge < -0.3 is 10.2 Å². The van der Waals surface area contributed by atoms with Crippen molar-refractivity contribution >= 4 is 16.7 Å². The van der Waals surface area contributed by atoms with Crippen LogP contribution in [0.15, 0.2) is 6.33 Å². The Labute approximate surface area is 87.5 Å². The fourth-order valence-electron chi connectivity index (χ4n) is 2.42. The van der Waals surface area contributed by atoms with Crippen molar-refractivity contribution in [3.63, 3.8) is 0 Å². The maximum atomic E-state index is 4.27. The Bertz CT molecular complexity index is 300. The van der Waals surface area contributed by atoms with Gasteiger partial charge in [-0.3, -0.25) is 0 Å². The molecule has 1 N–H and O–H groups in total. The lowest BCUT2D eigenvalue weighted by molar-refractivity contribution is 0.563. The molecule has 0 amide bonds. The van der Waals surface area contributed by atoms with Crippen LogP contribution in [0.2, 0.25) is 0 Å². The van der Waals surface area contributed by atoms with Gasteiger partial charge in [0.05, 0.1) is 0 Å². The van der Waals surface area contributed by atoms with Gasteiger partial charge in [-0.05, 0) is 19.3 Å². The summed E-state index contributed by atoms with van der Waals surface area (Å²) in [5.74, 6) is 0. The van der Waals surface area contributed by atoms with Crippen LogP contribution in [0.5, 0.6) is 0 Å². The highest BCUT2D eigenvalue weighted by Gasteiger charge is 2.29. The van der Waals surface area contributed by atoms with E-state index in [2.05, 4.69) is 19.6 Å². The molecular formula is C9H14N4S. The molecule has 2 aliphatic rings. The van der Waals surface area contributed by atoms with E-state index in [1.54, 1.807) is 6.33 Å². The van der Waals surface area contributed by atoms with Gasteiger partial charge in [0, 0.05) is 36.7 Å². The molecule has 0 aromatic carbocycles. The molecule has 0 spiro atoms. The van der Waals surface area contributed by atoms with Gasteiger partial charge in [0.25, 0.3) is 0 Å². The Morgan fingerprint density at radius 2 is 2.29 bits per heavy atom. The van der Waals surface area contributed by atoms with Crippen LogP contribution in [0.25, 0.3) is 0 Å². The van der Waals surface area contributed by atoms with Crippen molar-refractivity contribution in [2.75, 3.05) is 18.0 Å². The number of hydrogen-bond acceptors (Lipinski definition) is 5. The molecule has 0 aliphatic carbocycles. The van der Waals surface area contributed by atoms with Crippen molar-refractivity contribution in [2.45, 2.75) is 31.3 Å². The largest absolute Gasteiger partial charge is 0.345 e. The fourth-order valence-corrected chi connectivity index (χ4v) is 2.99. The summed E-state index contributed by atoms with van der Waals surface area (Å²) < 4.78 is 4.06. The monoisotopic (exact) mass is 210 g/mol. The van der Waals surface area contributed by atoms with Gasteiger partial charge >= 0.3 is 0 Å². The average Bonchev–Trinajstić information content (AvgIpc) is 2.75. The molecule has 0 radical (unpaired) electrons. The molecule has 2 fully saturated rings. The van der Waals surface area contributed by atoms with Crippen LogP contribution in [0.4, 0.5) is 5.13 Å². The highest BCUT2D eigenvalue weighted by Crippen LogP contribution is 2.24. The number of aromatic nitrogens is 2. The van der Waals surface area contributed by atoms with E-state index in [1.807, 2.05) is 0 Å². The minimum Gasteiger partial charge on any atom is -0.345 e. The van der Waals surface area contributed by atoms with Gasteiger partial charge in [-0.15, -0.1) is 0 Å². The second-order valence-electron chi connectivity index (χ2n) is 4.10. The molecule has 1 aromatic heterocycles. The van der Waals surface area contributed by atoms with E-state index in [4.69, 9.17) is 0 Å². The first kappa shape index (κ1) is 8.61. The van der Waals surface area contributed by atoms with Crippen LogP contribution >= 0.6 is 11.5 Å². The van der Waals surface area contributed by atoms with Gasteiger partial charge in [-0.25, -0.2) is 4.98 Å². The van der Waals surface area contributed by atoms with E-state index in [9.17, 15) is 0 Å². The summed E-state index contributed by atoms with van der Waals surface area (Å²) in [5.41, 5.74) is 0. The molecule has 2 unspecified atom stereocenters. The number of nitrogens with one attached hydrogen (secondary N) is 1. The van der Waals surface area contributed by atoms with E-state index in [-0.39, 0.29) is 0 Å². The third-order valence-corrected chi connectivity index (χ3v) is 3.87. The molecule has 2 saturated heterocycles. The van der Waals surface area contributed by atoms with E-state index >= 15 is 0 Å². The van der Waals surface area contributed by atoms with E-state index in [1.165, 1.54) is 30.8 Å². The highest BCUT2D eigenvalue weighted by molar-refractivity contribution is 7.09. The number of nitrogens with zero attached hydrogens (tertiary/aromatic N) is 3. The number of hydrogen-bond donors (Lipinski definition) is 1. The van der Waals surface area contributed by atoms with Crippen molar-refractivity contribution in [2.24, 2.45) is 0 Å². The van der Waals surface area contributed by atoms with E-state index in [0.29, 0.717) is 6.04 Å². The summed E-state index contributed by atoms with van der Waals surface area (Å²) in [6.45, 7) is 2.23. The van der Waals surface area contributed by atoms with Crippen LogP contribution in [0.3, 0.4) is 0 Å². The van der Waals surface area contributed by atoms with Crippen molar-refractivity contribution in [3.05, 3.63) is 6.33 Å². The minimum absolute atomic E-state index is 0.673. The Morgan fingerprint density at radius 1 is 1.36 bits per heavy atom. The maximum Gasteiger partial charge on any atom is 0.204 e. The van der Waals surface area contributed by atoms with Gasteiger partial charge in [0.1, 0.15) is 6.33 Å². The van der Waals surface area contributed by atoms with Gasteiger partial charge in [-0.2, -0.15) is 4.37 Å². The lowest BCUT2D eigenvalue weighted by Gasteiger charge is -2.22. The van der Waals surface area contributed by atoms with Crippen molar-refractivity contribution < 1.29 is 0 Å². The molecule has 3 rings (SSSR count). The molecule has 1 aromatic rings. The quantitative estimate of drug-likeness (QED) is 0.746. The van der Waals surface area contributed by atoms with Crippen LogP contribution < -0.4 is 10.2 Å². The predicted molar refractivity (Wildman–Crippen MR) is 56.7 cm³/mol. The summed E-state index contributed by atoms with van der Waals surface area (Å²) in [7, 11) is 0. The molecule has 3 heterocycles. The normalized spacial score (nSPS) is 31.9. The van der Waals surface area contributed by atoms with E-state index in [0.717, 1.165) is 24.3 Å². The zero-order valence-electron chi connectivity index (χ0n) is 8.02. The number of fused-ring (bicyclic) bond motifs is 2. The summed E-state index contributed by atoms with van der Waals surface area (Å²) in [6.07, 6.45) is 5.57. The molecule has 5 heteroatoms. The number of anilines is 1. The smallest absolute Gasteiger partial charge is 0.204 e. The first-order valence-corrected chi connectivity index (χ1v) is 5.97. The molecule has 76 valence electrons. The van der Waals surface area contributed by atoms with Crippen LogP contribution in [-0.2, 0) is 0 Å². The predicted octanol–water partition coefficient (Wildman–Crippen LogP) is 0.869. The molecule has 2 aliphatic heterocycles. The second-order valence-corrected chi connectivity index (χ2v) is 4.85. The third-order valence-electron chi connectivity index (χ3n) is 3.14. The first-order valence-electron chi connectivity index (χ1n) is 5.19. The summed E-state index contributed by atoms with van der Waals surface area (Å²) >= 11 is 1.50. The molecule has 0 saturated carbocycles. The lowest BCUT2D eigenvalue weighted by atomic mass is 10.1. The van der Waals surface area contributed by atoms with E-state index < -0.39 is 0 Å². The molecule has 2 atom stereocenters. The Kier molecular flexibility index (Phi) is 2.14. The first-order chi connectivity index (χ1) is 6.92. The minimum atomic E-state index is 0.673. The molecule has 4 nitrogen and oxygen atoms in total. The average molecular weight is 210 g/mol. The standard InChI is InChI=1S/C9H14N4S/c1-2-8-5-13(4-3-7(1)12-8)9-10-6-11-14-9/h6-8,12H,1-5H2.